The maximum atomic E-state index is 13.1. The van der Waals surface area contributed by atoms with E-state index >= 15 is 0 Å². The van der Waals surface area contributed by atoms with Gasteiger partial charge in [0.1, 0.15) is 17.3 Å². The summed E-state index contributed by atoms with van der Waals surface area (Å²) in [6.45, 7) is 1.00. The molecule has 2 fully saturated rings. The molecule has 2 atom stereocenters. The highest BCUT2D eigenvalue weighted by atomic mass is 16.5. The fraction of sp³-hybridized carbons (Fsp3) is 0.458. The Morgan fingerprint density at radius 3 is 2.11 bits per heavy atom. The first-order chi connectivity index (χ1) is 13.7. The molecule has 4 rings (SSSR count). The molecular weight excluding hydrogens is 350 g/mol. The second kappa shape index (κ2) is 8.36. The van der Waals surface area contributed by atoms with Gasteiger partial charge in [-0.1, -0.05) is 30.3 Å². The molecule has 2 bridgehead atoms. The number of carbonyl (C=O) groups excluding carboxylic acids is 1. The zero-order valence-corrected chi connectivity index (χ0v) is 16.8. The smallest absolute Gasteiger partial charge is 0.140 e. The van der Waals surface area contributed by atoms with E-state index in [4.69, 9.17) is 9.47 Å². The van der Waals surface area contributed by atoms with Gasteiger partial charge in [0.05, 0.1) is 14.2 Å². The lowest BCUT2D eigenvalue weighted by molar-refractivity contribution is -0.124. The van der Waals surface area contributed by atoms with Crippen molar-refractivity contribution in [1.29, 1.82) is 0 Å². The minimum absolute atomic E-state index is 0.168. The van der Waals surface area contributed by atoms with Crippen molar-refractivity contribution >= 4 is 5.78 Å². The van der Waals surface area contributed by atoms with Crippen molar-refractivity contribution in [2.75, 3.05) is 14.2 Å². The van der Waals surface area contributed by atoms with E-state index in [0.717, 1.165) is 36.4 Å². The van der Waals surface area contributed by atoms with Crippen molar-refractivity contribution in [3.8, 4) is 11.5 Å². The number of benzene rings is 2. The SMILES string of the molecule is COc1cc(CC(=O)C2CC3CCC(C2)N3Cc2ccccc2)cc(OC)c1. The average molecular weight is 380 g/mol. The predicted octanol–water partition coefficient (Wildman–Crippen LogP) is 4.26. The Bertz CT molecular complexity index is 784. The van der Waals surface area contributed by atoms with Crippen molar-refractivity contribution in [3.05, 3.63) is 59.7 Å². The number of ketones is 1. The van der Waals surface area contributed by atoms with Crippen LogP contribution in [0.25, 0.3) is 0 Å². The monoisotopic (exact) mass is 379 g/mol. The number of Topliss-reactive ketones (excluding diaryl/α,β-unsaturated/α-hetero) is 1. The molecule has 2 unspecified atom stereocenters. The number of hydrogen-bond acceptors (Lipinski definition) is 4. The molecule has 0 saturated carbocycles. The summed E-state index contributed by atoms with van der Waals surface area (Å²) >= 11 is 0. The van der Waals surface area contributed by atoms with Crippen molar-refractivity contribution in [1.82, 2.24) is 4.90 Å². The molecule has 2 aromatic carbocycles. The number of rotatable bonds is 7. The number of fused-ring (bicyclic) bond motifs is 2. The van der Waals surface area contributed by atoms with E-state index in [2.05, 4.69) is 35.2 Å². The molecule has 4 nitrogen and oxygen atoms in total. The molecule has 4 heteroatoms. The number of carbonyl (C=O) groups is 1. The second-order valence-electron chi connectivity index (χ2n) is 8.08. The molecule has 0 amide bonds. The Balaban J connectivity index is 1.41. The fourth-order valence-electron chi connectivity index (χ4n) is 4.90. The van der Waals surface area contributed by atoms with Crippen LogP contribution in [0, 0.1) is 5.92 Å². The lowest BCUT2D eigenvalue weighted by Gasteiger charge is -2.38. The van der Waals surface area contributed by atoms with Crippen molar-refractivity contribution in [2.45, 2.75) is 50.7 Å². The third-order valence-corrected chi connectivity index (χ3v) is 6.34. The molecule has 0 radical (unpaired) electrons. The van der Waals surface area contributed by atoms with Gasteiger partial charge >= 0.3 is 0 Å². The van der Waals surface area contributed by atoms with Crippen LogP contribution in [0.5, 0.6) is 11.5 Å². The third kappa shape index (κ3) is 4.07. The normalized spacial score (nSPS) is 24.1. The number of ether oxygens (including phenoxy) is 2. The molecular formula is C24H29NO3. The molecule has 0 aromatic heterocycles. The Morgan fingerprint density at radius 2 is 1.54 bits per heavy atom. The third-order valence-electron chi connectivity index (χ3n) is 6.34. The zero-order valence-electron chi connectivity index (χ0n) is 16.8. The minimum Gasteiger partial charge on any atom is -0.497 e. The molecule has 2 aliphatic rings. The van der Waals surface area contributed by atoms with Crippen molar-refractivity contribution in [2.24, 2.45) is 5.92 Å². The minimum atomic E-state index is 0.168. The Labute approximate surface area is 167 Å². The van der Waals surface area contributed by atoms with Gasteiger partial charge in [0.25, 0.3) is 0 Å². The van der Waals surface area contributed by atoms with Crippen LogP contribution in [-0.2, 0) is 17.8 Å². The summed E-state index contributed by atoms with van der Waals surface area (Å²) in [7, 11) is 3.28. The van der Waals surface area contributed by atoms with Crippen LogP contribution in [0.15, 0.2) is 48.5 Å². The van der Waals surface area contributed by atoms with Crippen LogP contribution < -0.4 is 9.47 Å². The number of hydrogen-bond donors (Lipinski definition) is 0. The zero-order chi connectivity index (χ0) is 19.5. The van der Waals surface area contributed by atoms with E-state index in [1.807, 2.05) is 18.2 Å². The van der Waals surface area contributed by atoms with Crippen molar-refractivity contribution < 1.29 is 14.3 Å². The van der Waals surface area contributed by atoms with Gasteiger partial charge in [0, 0.05) is 37.0 Å². The molecule has 0 aliphatic carbocycles. The summed E-state index contributed by atoms with van der Waals surface area (Å²) in [5.41, 5.74) is 2.34. The number of piperidine rings is 1. The highest BCUT2D eigenvalue weighted by Gasteiger charge is 2.42. The number of methoxy groups -OCH3 is 2. The summed E-state index contributed by atoms with van der Waals surface area (Å²) < 4.78 is 10.7. The van der Waals surface area contributed by atoms with Gasteiger partial charge in [-0.2, -0.15) is 0 Å². The largest absolute Gasteiger partial charge is 0.497 e. The average Bonchev–Trinajstić information content (AvgIpc) is 2.95. The Morgan fingerprint density at radius 1 is 0.929 bits per heavy atom. The predicted molar refractivity (Wildman–Crippen MR) is 110 cm³/mol. The van der Waals surface area contributed by atoms with Crippen LogP contribution >= 0.6 is 0 Å². The van der Waals surface area contributed by atoms with Crippen LogP contribution in [-0.4, -0.2) is 37.0 Å². The van der Waals surface area contributed by atoms with Gasteiger partial charge in [-0.05, 0) is 48.9 Å². The van der Waals surface area contributed by atoms with Crippen molar-refractivity contribution in [3.63, 3.8) is 0 Å². The summed E-state index contributed by atoms with van der Waals surface area (Å²) in [6.07, 6.45) is 4.87. The first kappa shape index (κ1) is 19.0. The van der Waals surface area contributed by atoms with Crippen LogP contribution in [0.2, 0.25) is 0 Å². The molecule has 2 saturated heterocycles. The molecule has 2 aromatic rings. The second-order valence-corrected chi connectivity index (χ2v) is 8.08. The Kier molecular flexibility index (Phi) is 5.67. The molecule has 28 heavy (non-hydrogen) atoms. The fourth-order valence-corrected chi connectivity index (χ4v) is 4.90. The summed E-state index contributed by atoms with van der Waals surface area (Å²) in [5, 5.41) is 0. The quantitative estimate of drug-likeness (QED) is 0.721. The van der Waals surface area contributed by atoms with E-state index in [1.165, 1.54) is 18.4 Å². The first-order valence-electron chi connectivity index (χ1n) is 10.2. The summed E-state index contributed by atoms with van der Waals surface area (Å²) in [6, 6.07) is 17.5. The van der Waals surface area contributed by atoms with Gasteiger partial charge in [0.2, 0.25) is 0 Å². The highest BCUT2D eigenvalue weighted by Crippen LogP contribution is 2.40. The van der Waals surface area contributed by atoms with E-state index < -0.39 is 0 Å². The van der Waals surface area contributed by atoms with Gasteiger partial charge in [-0.3, -0.25) is 9.69 Å². The van der Waals surface area contributed by atoms with Crippen LogP contribution in [0.4, 0.5) is 0 Å². The molecule has 2 aliphatic heterocycles. The van der Waals surface area contributed by atoms with Gasteiger partial charge in [0.15, 0.2) is 0 Å². The van der Waals surface area contributed by atoms with E-state index in [1.54, 1.807) is 14.2 Å². The summed E-state index contributed by atoms with van der Waals surface area (Å²) in [4.78, 5) is 15.7. The van der Waals surface area contributed by atoms with E-state index in [-0.39, 0.29) is 5.92 Å². The van der Waals surface area contributed by atoms with Crippen LogP contribution in [0.1, 0.15) is 36.8 Å². The maximum Gasteiger partial charge on any atom is 0.140 e. The Hall–Kier alpha value is -2.33. The molecule has 148 valence electrons. The van der Waals surface area contributed by atoms with E-state index in [0.29, 0.717) is 24.3 Å². The van der Waals surface area contributed by atoms with Gasteiger partial charge in [-0.15, -0.1) is 0 Å². The van der Waals surface area contributed by atoms with Crippen LogP contribution in [0.3, 0.4) is 0 Å². The van der Waals surface area contributed by atoms with Gasteiger partial charge in [-0.25, -0.2) is 0 Å². The van der Waals surface area contributed by atoms with Gasteiger partial charge < -0.3 is 9.47 Å². The van der Waals surface area contributed by atoms with E-state index in [9.17, 15) is 4.79 Å². The first-order valence-corrected chi connectivity index (χ1v) is 10.2. The topological polar surface area (TPSA) is 38.8 Å². The maximum absolute atomic E-state index is 13.1. The number of nitrogens with zero attached hydrogens (tertiary/aromatic N) is 1. The lowest BCUT2D eigenvalue weighted by Crippen LogP contribution is -2.44. The highest BCUT2D eigenvalue weighted by molar-refractivity contribution is 5.83. The lowest BCUT2D eigenvalue weighted by atomic mass is 9.85. The molecule has 0 N–H and O–H groups in total. The standard InChI is InChI=1S/C24H29NO3/c1-27-22-10-18(11-23(15-22)28-2)12-24(26)19-13-20-8-9-21(14-19)25(20)16-17-6-4-3-5-7-17/h3-7,10-11,15,19-21H,8-9,12-14,16H2,1-2H3. The summed E-state index contributed by atoms with van der Waals surface area (Å²) in [5.74, 6) is 1.99. The molecule has 2 heterocycles. The molecule has 0 spiro atoms.